The Kier molecular flexibility index (Phi) is 6.16. The number of nitrogens with one attached hydrogen (secondary N) is 2. The summed E-state index contributed by atoms with van der Waals surface area (Å²) in [5.74, 6) is 0. The zero-order valence-electron chi connectivity index (χ0n) is 12.3. The van der Waals surface area contributed by atoms with Gasteiger partial charge in [-0.1, -0.05) is 43.7 Å². The molecule has 0 spiro atoms. The molecule has 0 bridgehead atoms. The molecule has 0 fully saturated rings. The summed E-state index contributed by atoms with van der Waals surface area (Å²) >= 11 is 5.41. The second kappa shape index (κ2) is 8.37. The van der Waals surface area contributed by atoms with Gasteiger partial charge >= 0.3 is 0 Å². The van der Waals surface area contributed by atoms with Gasteiger partial charge in [0, 0.05) is 18.9 Å². The van der Waals surface area contributed by atoms with Gasteiger partial charge in [0.25, 0.3) is 0 Å². The van der Waals surface area contributed by atoms with Crippen molar-refractivity contribution in [1.82, 2.24) is 15.6 Å². The molecule has 0 aliphatic rings. The van der Waals surface area contributed by atoms with Crippen LogP contribution in [-0.2, 0) is 0 Å². The van der Waals surface area contributed by atoms with Gasteiger partial charge in [-0.2, -0.15) is 0 Å². The van der Waals surface area contributed by atoms with Crippen LogP contribution in [0.15, 0.2) is 54.9 Å². The third kappa shape index (κ3) is 4.83. The average molecular weight is 299 g/mol. The first kappa shape index (κ1) is 15.4. The molecule has 0 aliphatic carbocycles. The number of thiocarbonyl (C=S) groups is 1. The Balaban J connectivity index is 2.12. The molecule has 0 radical (unpaired) electrons. The van der Waals surface area contributed by atoms with Crippen LogP contribution in [0, 0.1) is 0 Å². The third-order valence-corrected chi connectivity index (χ3v) is 3.53. The van der Waals surface area contributed by atoms with Crippen LogP contribution in [-0.4, -0.2) is 16.6 Å². The summed E-state index contributed by atoms with van der Waals surface area (Å²) in [6.45, 7) is 3.07. The van der Waals surface area contributed by atoms with E-state index in [1.165, 1.54) is 5.56 Å². The Morgan fingerprint density at radius 2 is 1.76 bits per heavy atom. The van der Waals surface area contributed by atoms with Crippen molar-refractivity contribution >= 4 is 17.3 Å². The Morgan fingerprint density at radius 1 is 1.10 bits per heavy atom. The van der Waals surface area contributed by atoms with E-state index in [-0.39, 0.29) is 6.04 Å². The molecule has 2 aromatic rings. The molecular weight excluding hydrogens is 278 g/mol. The summed E-state index contributed by atoms with van der Waals surface area (Å²) in [5, 5.41) is 7.35. The van der Waals surface area contributed by atoms with Gasteiger partial charge < -0.3 is 10.6 Å². The van der Waals surface area contributed by atoms with E-state index < -0.39 is 0 Å². The molecule has 0 amide bonds. The second-order valence-electron chi connectivity index (χ2n) is 4.88. The number of benzene rings is 1. The molecule has 1 atom stereocenters. The quantitative estimate of drug-likeness (QED) is 0.633. The molecule has 0 saturated carbocycles. The molecule has 0 saturated heterocycles. The topological polar surface area (TPSA) is 37.0 Å². The van der Waals surface area contributed by atoms with Gasteiger partial charge in [0.2, 0.25) is 0 Å². The van der Waals surface area contributed by atoms with Crippen LogP contribution in [0.4, 0.5) is 0 Å². The molecule has 4 heteroatoms. The lowest BCUT2D eigenvalue weighted by molar-refractivity contribution is 0.706. The lowest BCUT2D eigenvalue weighted by atomic mass is 10.00. The maximum absolute atomic E-state index is 5.41. The number of nitrogens with zero attached hydrogens (tertiary/aromatic N) is 1. The predicted molar refractivity (Wildman–Crippen MR) is 91.2 cm³/mol. The molecule has 0 unspecified atom stereocenters. The fourth-order valence-corrected chi connectivity index (χ4v) is 2.34. The molecule has 1 heterocycles. The van der Waals surface area contributed by atoms with Gasteiger partial charge in [-0.25, -0.2) is 0 Å². The molecule has 110 valence electrons. The Morgan fingerprint density at radius 3 is 2.43 bits per heavy atom. The number of rotatable bonds is 6. The van der Waals surface area contributed by atoms with E-state index in [9.17, 15) is 0 Å². The van der Waals surface area contributed by atoms with Gasteiger partial charge in [0.15, 0.2) is 5.11 Å². The largest absolute Gasteiger partial charge is 0.363 e. The highest BCUT2D eigenvalue weighted by molar-refractivity contribution is 7.80. The first-order chi connectivity index (χ1) is 10.3. The predicted octanol–water partition coefficient (Wildman–Crippen LogP) is 3.44. The van der Waals surface area contributed by atoms with Gasteiger partial charge in [-0.15, -0.1) is 0 Å². The maximum atomic E-state index is 5.41. The van der Waals surface area contributed by atoms with E-state index >= 15 is 0 Å². The van der Waals surface area contributed by atoms with Crippen LogP contribution < -0.4 is 10.6 Å². The van der Waals surface area contributed by atoms with Crippen molar-refractivity contribution in [2.24, 2.45) is 0 Å². The molecule has 21 heavy (non-hydrogen) atoms. The minimum absolute atomic E-state index is 0.0378. The number of hydrogen-bond acceptors (Lipinski definition) is 2. The van der Waals surface area contributed by atoms with Gasteiger partial charge in [-0.3, -0.25) is 4.98 Å². The average Bonchev–Trinajstić information content (AvgIpc) is 2.54. The monoisotopic (exact) mass is 299 g/mol. The Hall–Kier alpha value is -1.94. The Bertz CT molecular complexity index is 503. The molecule has 0 aliphatic heterocycles. The molecule has 2 rings (SSSR count). The van der Waals surface area contributed by atoms with Crippen molar-refractivity contribution in [2.75, 3.05) is 6.54 Å². The fourth-order valence-electron chi connectivity index (χ4n) is 2.12. The van der Waals surface area contributed by atoms with Crippen molar-refractivity contribution < 1.29 is 0 Å². The Labute approximate surface area is 131 Å². The number of hydrogen-bond donors (Lipinski definition) is 2. The summed E-state index contributed by atoms with van der Waals surface area (Å²) in [6.07, 6.45) is 5.89. The number of pyridine rings is 1. The third-order valence-electron chi connectivity index (χ3n) is 3.26. The zero-order chi connectivity index (χ0) is 14.9. The highest BCUT2D eigenvalue weighted by Gasteiger charge is 2.14. The summed E-state index contributed by atoms with van der Waals surface area (Å²) < 4.78 is 0. The van der Waals surface area contributed by atoms with Crippen molar-refractivity contribution in [2.45, 2.75) is 25.8 Å². The van der Waals surface area contributed by atoms with Crippen LogP contribution in [0.2, 0.25) is 0 Å². The first-order valence-corrected chi connectivity index (χ1v) is 7.71. The minimum Gasteiger partial charge on any atom is -0.363 e. The van der Waals surface area contributed by atoms with E-state index in [0.29, 0.717) is 5.11 Å². The highest BCUT2D eigenvalue weighted by Crippen LogP contribution is 2.21. The summed E-state index contributed by atoms with van der Waals surface area (Å²) in [4.78, 5) is 4.09. The smallest absolute Gasteiger partial charge is 0.167 e. The van der Waals surface area contributed by atoms with Crippen molar-refractivity contribution in [1.29, 1.82) is 0 Å². The lowest BCUT2D eigenvalue weighted by Crippen LogP contribution is -2.38. The van der Waals surface area contributed by atoms with Crippen LogP contribution in [0.5, 0.6) is 0 Å². The normalized spacial score (nSPS) is 11.7. The molecule has 1 aromatic heterocycles. The SMILES string of the molecule is CCCCNC(=S)N[C@@H](c1ccccc1)c1ccncc1. The van der Waals surface area contributed by atoms with E-state index in [1.807, 2.05) is 30.3 Å². The van der Waals surface area contributed by atoms with Crippen LogP contribution >= 0.6 is 12.2 Å². The highest BCUT2D eigenvalue weighted by atomic mass is 32.1. The standard InChI is InChI=1S/C17H21N3S/c1-2-3-11-19-17(21)20-16(14-7-5-4-6-8-14)15-9-12-18-13-10-15/h4-10,12-13,16H,2-3,11H2,1H3,(H2,19,20,21)/t16-/m0/s1. The molecule has 3 nitrogen and oxygen atoms in total. The van der Waals surface area contributed by atoms with Crippen LogP contribution in [0.3, 0.4) is 0 Å². The summed E-state index contributed by atoms with van der Waals surface area (Å²) in [6, 6.07) is 14.4. The van der Waals surface area contributed by atoms with Crippen LogP contribution in [0.1, 0.15) is 36.9 Å². The van der Waals surface area contributed by atoms with E-state index in [4.69, 9.17) is 12.2 Å². The minimum atomic E-state index is 0.0378. The van der Waals surface area contributed by atoms with Crippen molar-refractivity contribution in [3.63, 3.8) is 0 Å². The van der Waals surface area contributed by atoms with Crippen molar-refractivity contribution in [3.8, 4) is 0 Å². The maximum Gasteiger partial charge on any atom is 0.167 e. The van der Waals surface area contributed by atoms with Gasteiger partial charge in [0.05, 0.1) is 6.04 Å². The lowest BCUT2D eigenvalue weighted by Gasteiger charge is -2.21. The summed E-state index contributed by atoms with van der Waals surface area (Å²) in [7, 11) is 0. The second-order valence-corrected chi connectivity index (χ2v) is 5.29. The number of aromatic nitrogens is 1. The molecule has 2 N–H and O–H groups in total. The van der Waals surface area contributed by atoms with Crippen molar-refractivity contribution in [3.05, 3.63) is 66.0 Å². The fraction of sp³-hybridized carbons (Fsp3) is 0.294. The van der Waals surface area contributed by atoms with Gasteiger partial charge in [0.1, 0.15) is 0 Å². The van der Waals surface area contributed by atoms with E-state index in [1.54, 1.807) is 12.4 Å². The first-order valence-electron chi connectivity index (χ1n) is 7.30. The van der Waals surface area contributed by atoms with Crippen LogP contribution in [0.25, 0.3) is 0 Å². The number of unbranched alkanes of at least 4 members (excludes halogenated alkanes) is 1. The van der Waals surface area contributed by atoms with E-state index in [2.05, 4.69) is 34.7 Å². The summed E-state index contributed by atoms with van der Waals surface area (Å²) in [5.41, 5.74) is 2.33. The molecular formula is C17H21N3S. The zero-order valence-corrected chi connectivity index (χ0v) is 13.1. The molecule has 1 aromatic carbocycles. The van der Waals surface area contributed by atoms with Gasteiger partial charge in [-0.05, 0) is 41.9 Å². The van der Waals surface area contributed by atoms with E-state index in [0.717, 1.165) is 24.9 Å².